The van der Waals surface area contributed by atoms with Crippen LogP contribution in [-0.2, 0) is 0 Å². The fraction of sp³-hybridized carbons (Fsp3) is 0.182. The predicted octanol–water partition coefficient (Wildman–Crippen LogP) is 4.73. The van der Waals surface area contributed by atoms with E-state index >= 15 is 0 Å². The predicted molar refractivity (Wildman–Crippen MR) is 113 cm³/mol. The van der Waals surface area contributed by atoms with Crippen LogP contribution in [0.1, 0.15) is 19.6 Å². The minimum absolute atomic E-state index is 0.237. The van der Waals surface area contributed by atoms with Crippen molar-refractivity contribution >= 4 is 22.2 Å². The molecule has 0 radical (unpaired) electrons. The van der Waals surface area contributed by atoms with Gasteiger partial charge in [0.2, 0.25) is 0 Å². The van der Waals surface area contributed by atoms with Crippen LogP contribution >= 0.6 is 0 Å². The number of anilines is 1. The first-order chi connectivity index (χ1) is 14.1. The number of nitrogens with one attached hydrogen (secondary N) is 1. The van der Waals surface area contributed by atoms with Crippen LogP contribution < -0.4 is 5.32 Å². The van der Waals surface area contributed by atoms with Crippen LogP contribution in [-0.4, -0.2) is 31.0 Å². The van der Waals surface area contributed by atoms with Crippen molar-refractivity contribution in [3.63, 3.8) is 0 Å². The summed E-state index contributed by atoms with van der Waals surface area (Å²) in [6, 6.07) is 18.2. The third kappa shape index (κ3) is 2.82. The summed E-state index contributed by atoms with van der Waals surface area (Å²) in [5.74, 6) is 2.07. The van der Waals surface area contributed by atoms with Gasteiger partial charge in [0, 0.05) is 22.4 Å². The molecule has 0 amide bonds. The quantitative estimate of drug-likeness (QED) is 0.482. The first kappa shape index (κ1) is 17.4. The van der Waals surface area contributed by atoms with E-state index in [4.69, 9.17) is 9.62 Å². The third-order valence-electron chi connectivity index (χ3n) is 4.82. The van der Waals surface area contributed by atoms with Crippen molar-refractivity contribution in [3.05, 3.63) is 60.4 Å². The van der Waals surface area contributed by atoms with E-state index in [0.29, 0.717) is 17.2 Å². The molecule has 5 aromatic rings. The molecule has 2 aromatic carbocycles. The maximum Gasteiger partial charge on any atom is 0.191 e. The second-order valence-electron chi connectivity index (χ2n) is 7.28. The lowest BCUT2D eigenvalue weighted by molar-refractivity contribution is 0.400. The molecule has 0 atom stereocenters. The minimum atomic E-state index is 0.237. The highest BCUT2D eigenvalue weighted by Crippen LogP contribution is 2.34. The molecular formula is C22H20N6O. The highest BCUT2D eigenvalue weighted by Gasteiger charge is 2.23. The molecular weight excluding hydrogens is 364 g/mol. The molecule has 7 heteroatoms. The molecule has 1 N–H and O–H groups in total. The van der Waals surface area contributed by atoms with Crippen LogP contribution in [0.3, 0.4) is 0 Å². The van der Waals surface area contributed by atoms with Crippen molar-refractivity contribution in [1.82, 2.24) is 25.0 Å². The lowest BCUT2D eigenvalue weighted by Gasteiger charge is -2.12. The van der Waals surface area contributed by atoms with Gasteiger partial charge in [-0.3, -0.25) is 0 Å². The van der Waals surface area contributed by atoms with E-state index in [-0.39, 0.29) is 6.04 Å². The maximum atomic E-state index is 5.53. The monoisotopic (exact) mass is 384 g/mol. The molecule has 5 rings (SSSR count). The lowest BCUT2D eigenvalue weighted by atomic mass is 10.1. The van der Waals surface area contributed by atoms with Gasteiger partial charge >= 0.3 is 0 Å². The number of aromatic nitrogens is 5. The maximum absolute atomic E-state index is 5.53. The van der Waals surface area contributed by atoms with E-state index in [2.05, 4.69) is 34.5 Å². The summed E-state index contributed by atoms with van der Waals surface area (Å²) in [7, 11) is 0. The Hall–Kier alpha value is -3.74. The van der Waals surface area contributed by atoms with E-state index in [1.165, 1.54) is 0 Å². The molecule has 3 aromatic heterocycles. The van der Waals surface area contributed by atoms with Crippen molar-refractivity contribution < 1.29 is 4.52 Å². The number of hydrogen-bond acceptors (Lipinski definition) is 6. The molecule has 0 fully saturated rings. The topological polar surface area (TPSA) is 81.1 Å². The SMILES string of the molecule is Cc1onc(-c2ccccc2)c1-c1nnc2c3ccccc3c(NC(C)C)nn12. The van der Waals surface area contributed by atoms with Crippen LogP contribution in [0.2, 0.25) is 0 Å². The minimum Gasteiger partial charge on any atom is -0.366 e. The molecule has 0 saturated carbocycles. The Morgan fingerprint density at radius 1 is 0.931 bits per heavy atom. The first-order valence-corrected chi connectivity index (χ1v) is 9.56. The average Bonchev–Trinajstić information content (AvgIpc) is 3.31. The summed E-state index contributed by atoms with van der Waals surface area (Å²) < 4.78 is 7.31. The van der Waals surface area contributed by atoms with Gasteiger partial charge in [0.05, 0.1) is 5.56 Å². The molecule has 0 aliphatic rings. The average molecular weight is 384 g/mol. The Labute approximate surface area is 167 Å². The zero-order valence-electron chi connectivity index (χ0n) is 16.4. The van der Waals surface area contributed by atoms with Gasteiger partial charge in [0.1, 0.15) is 11.5 Å². The third-order valence-corrected chi connectivity index (χ3v) is 4.82. The molecule has 0 aliphatic carbocycles. The summed E-state index contributed by atoms with van der Waals surface area (Å²) in [4.78, 5) is 0. The van der Waals surface area contributed by atoms with Gasteiger partial charge in [0.25, 0.3) is 0 Å². The van der Waals surface area contributed by atoms with Crippen LogP contribution in [0.5, 0.6) is 0 Å². The number of aryl methyl sites for hydroxylation is 1. The largest absolute Gasteiger partial charge is 0.366 e. The molecule has 0 saturated heterocycles. The normalized spacial score (nSPS) is 11.6. The van der Waals surface area contributed by atoms with E-state index in [1.54, 1.807) is 4.52 Å². The number of fused-ring (bicyclic) bond motifs is 3. The number of nitrogens with zero attached hydrogens (tertiary/aromatic N) is 5. The van der Waals surface area contributed by atoms with E-state index in [1.807, 2.05) is 61.5 Å². The lowest BCUT2D eigenvalue weighted by Crippen LogP contribution is -2.13. The molecule has 29 heavy (non-hydrogen) atoms. The molecule has 3 heterocycles. The Balaban J connectivity index is 1.80. The Kier molecular flexibility index (Phi) is 4.01. The van der Waals surface area contributed by atoms with Crippen molar-refractivity contribution in [2.75, 3.05) is 5.32 Å². The highest BCUT2D eigenvalue weighted by atomic mass is 16.5. The molecule has 144 valence electrons. The first-order valence-electron chi connectivity index (χ1n) is 9.56. The van der Waals surface area contributed by atoms with Crippen LogP contribution in [0, 0.1) is 6.92 Å². The number of hydrogen-bond donors (Lipinski definition) is 1. The summed E-state index contributed by atoms with van der Waals surface area (Å²) in [5, 5.41) is 23.5. The zero-order chi connectivity index (χ0) is 20.0. The van der Waals surface area contributed by atoms with Gasteiger partial charge in [-0.25, -0.2) is 0 Å². The standard InChI is InChI=1S/C22H20N6O/c1-13(2)23-20-16-11-7-8-12-17(16)21-24-25-22(28(21)26-20)18-14(3)29-27-19(18)15-9-5-4-6-10-15/h4-13H,1-3H3,(H,23,26). The fourth-order valence-electron chi connectivity index (χ4n) is 3.55. The second-order valence-corrected chi connectivity index (χ2v) is 7.28. The molecule has 0 spiro atoms. The van der Waals surface area contributed by atoms with Gasteiger partial charge in [-0.15, -0.1) is 15.3 Å². The van der Waals surface area contributed by atoms with Crippen LogP contribution in [0.15, 0.2) is 59.1 Å². The molecule has 0 aliphatic heterocycles. The van der Waals surface area contributed by atoms with Gasteiger partial charge in [-0.2, -0.15) is 4.52 Å². The summed E-state index contributed by atoms with van der Waals surface area (Å²) in [6.45, 7) is 6.06. The fourth-order valence-corrected chi connectivity index (χ4v) is 3.55. The van der Waals surface area contributed by atoms with Gasteiger partial charge in [-0.1, -0.05) is 59.8 Å². The summed E-state index contributed by atoms with van der Waals surface area (Å²) in [6.07, 6.45) is 0. The summed E-state index contributed by atoms with van der Waals surface area (Å²) >= 11 is 0. The van der Waals surface area contributed by atoms with Gasteiger partial charge in [0.15, 0.2) is 17.3 Å². The smallest absolute Gasteiger partial charge is 0.191 e. The Bertz CT molecular complexity index is 1320. The van der Waals surface area contributed by atoms with Gasteiger partial charge in [-0.05, 0) is 20.8 Å². The van der Waals surface area contributed by atoms with E-state index in [0.717, 1.165) is 33.4 Å². The van der Waals surface area contributed by atoms with Gasteiger partial charge < -0.3 is 9.84 Å². The molecule has 0 unspecified atom stereocenters. The zero-order valence-corrected chi connectivity index (χ0v) is 16.4. The number of benzene rings is 2. The summed E-state index contributed by atoms with van der Waals surface area (Å²) in [5.41, 5.74) is 3.18. The second kappa shape index (κ2) is 6.70. The van der Waals surface area contributed by atoms with Crippen LogP contribution in [0.25, 0.3) is 39.1 Å². The van der Waals surface area contributed by atoms with E-state index < -0.39 is 0 Å². The number of rotatable bonds is 4. The Morgan fingerprint density at radius 2 is 1.66 bits per heavy atom. The van der Waals surface area contributed by atoms with Crippen molar-refractivity contribution in [3.8, 4) is 22.6 Å². The van der Waals surface area contributed by atoms with Crippen molar-refractivity contribution in [2.45, 2.75) is 26.8 Å². The highest BCUT2D eigenvalue weighted by molar-refractivity contribution is 6.00. The van der Waals surface area contributed by atoms with Crippen molar-refractivity contribution in [2.24, 2.45) is 0 Å². The molecule has 7 nitrogen and oxygen atoms in total. The molecule has 0 bridgehead atoms. The Morgan fingerprint density at radius 3 is 2.41 bits per heavy atom. The van der Waals surface area contributed by atoms with E-state index in [9.17, 15) is 0 Å². The van der Waals surface area contributed by atoms with Crippen LogP contribution in [0.4, 0.5) is 5.82 Å². The van der Waals surface area contributed by atoms with Crippen molar-refractivity contribution in [1.29, 1.82) is 0 Å².